The van der Waals surface area contributed by atoms with E-state index in [4.69, 9.17) is 0 Å². The molecule has 0 heterocycles. The van der Waals surface area contributed by atoms with E-state index in [1.807, 2.05) is 12.1 Å². The van der Waals surface area contributed by atoms with E-state index in [1.165, 1.54) is 4.31 Å². The fraction of sp³-hybridized carbons (Fsp3) is 0.625. The predicted molar refractivity (Wildman–Crippen MR) is 85.7 cm³/mol. The fourth-order valence-electron chi connectivity index (χ4n) is 2.37. The number of nitrogens with zero attached hydrogens (tertiary/aromatic N) is 1. The van der Waals surface area contributed by atoms with Gasteiger partial charge in [-0.25, -0.2) is 12.7 Å². The molecule has 1 aromatic carbocycles. The molecule has 0 saturated heterocycles. The molecule has 1 aliphatic carbocycles. The van der Waals surface area contributed by atoms with Crippen molar-refractivity contribution in [3.05, 3.63) is 29.8 Å². The number of benzene rings is 1. The van der Waals surface area contributed by atoms with Crippen LogP contribution in [0.5, 0.6) is 0 Å². The summed E-state index contributed by atoms with van der Waals surface area (Å²) < 4.78 is 26.7. The molecule has 5 heteroatoms. The zero-order valence-electron chi connectivity index (χ0n) is 13.2. The van der Waals surface area contributed by atoms with Gasteiger partial charge in [-0.1, -0.05) is 19.1 Å². The van der Waals surface area contributed by atoms with Crippen LogP contribution < -0.4 is 5.32 Å². The zero-order valence-corrected chi connectivity index (χ0v) is 14.0. The van der Waals surface area contributed by atoms with Gasteiger partial charge in [0, 0.05) is 19.6 Å². The lowest BCUT2D eigenvalue weighted by atomic mass is 10.1. The molecule has 0 spiro atoms. The summed E-state index contributed by atoms with van der Waals surface area (Å²) in [5.41, 5.74) is 1.02. The maximum Gasteiger partial charge on any atom is 0.242 e. The molecular formula is C16H26N2O2S. The number of hydrogen-bond acceptors (Lipinski definition) is 3. The molecular weight excluding hydrogens is 284 g/mol. The fourth-order valence-corrected chi connectivity index (χ4v) is 3.67. The highest BCUT2D eigenvalue weighted by Crippen LogP contribution is 2.31. The minimum Gasteiger partial charge on any atom is -0.310 e. The van der Waals surface area contributed by atoms with Gasteiger partial charge < -0.3 is 5.32 Å². The third-order valence-electron chi connectivity index (χ3n) is 3.98. The lowest BCUT2D eigenvalue weighted by molar-refractivity contribution is 0.452. The largest absolute Gasteiger partial charge is 0.310 e. The first-order valence-corrected chi connectivity index (χ1v) is 9.19. The third-order valence-corrected chi connectivity index (χ3v) is 5.80. The highest BCUT2D eigenvalue weighted by Gasteiger charge is 2.29. The van der Waals surface area contributed by atoms with Crippen LogP contribution >= 0.6 is 0 Å². The molecule has 2 rings (SSSR count). The Morgan fingerprint density at radius 1 is 1.38 bits per heavy atom. The Kier molecular flexibility index (Phi) is 5.41. The summed E-state index contributed by atoms with van der Waals surface area (Å²) in [7, 11) is -1.69. The van der Waals surface area contributed by atoms with E-state index in [2.05, 4.69) is 19.2 Å². The Morgan fingerprint density at radius 2 is 2.10 bits per heavy atom. The number of nitrogens with one attached hydrogen (secondary N) is 1. The van der Waals surface area contributed by atoms with Crippen LogP contribution in [-0.4, -0.2) is 32.9 Å². The van der Waals surface area contributed by atoms with Crippen LogP contribution in [0.25, 0.3) is 0 Å². The van der Waals surface area contributed by atoms with E-state index >= 15 is 0 Å². The summed E-state index contributed by atoms with van der Waals surface area (Å²) in [4.78, 5) is 0.397. The van der Waals surface area contributed by atoms with Gasteiger partial charge >= 0.3 is 0 Å². The lowest BCUT2D eigenvalue weighted by Crippen LogP contribution is -2.29. The molecule has 0 amide bonds. The van der Waals surface area contributed by atoms with E-state index in [0.29, 0.717) is 17.4 Å². The van der Waals surface area contributed by atoms with Gasteiger partial charge in [0.05, 0.1) is 4.90 Å². The molecule has 1 aliphatic rings. The second-order valence-electron chi connectivity index (χ2n) is 5.98. The van der Waals surface area contributed by atoms with Crippen LogP contribution in [0, 0.1) is 5.92 Å². The summed E-state index contributed by atoms with van der Waals surface area (Å²) in [5, 5.41) is 3.39. The van der Waals surface area contributed by atoms with Gasteiger partial charge in [-0.15, -0.1) is 0 Å². The zero-order chi connectivity index (χ0) is 15.5. The van der Waals surface area contributed by atoms with Crippen LogP contribution in [0.2, 0.25) is 0 Å². The SMILES string of the molecule is CCCNC(C)c1cccc(S(=O)(=O)N(C)CC2CC2)c1. The van der Waals surface area contributed by atoms with Gasteiger partial charge in [0.1, 0.15) is 0 Å². The van der Waals surface area contributed by atoms with Crippen molar-refractivity contribution < 1.29 is 8.42 Å². The molecule has 1 fully saturated rings. The van der Waals surface area contributed by atoms with Gasteiger partial charge in [0.2, 0.25) is 10.0 Å². The van der Waals surface area contributed by atoms with Crippen LogP contribution in [-0.2, 0) is 10.0 Å². The van der Waals surface area contributed by atoms with Gasteiger partial charge in [-0.3, -0.25) is 0 Å². The van der Waals surface area contributed by atoms with Crippen molar-refractivity contribution in [3.63, 3.8) is 0 Å². The van der Waals surface area contributed by atoms with Crippen molar-refractivity contribution in [2.75, 3.05) is 20.1 Å². The third kappa shape index (κ3) is 4.28. The minimum absolute atomic E-state index is 0.161. The summed E-state index contributed by atoms with van der Waals surface area (Å²) >= 11 is 0. The first-order valence-electron chi connectivity index (χ1n) is 7.74. The van der Waals surface area contributed by atoms with Gasteiger partial charge in [-0.05, 0) is 56.3 Å². The maximum atomic E-state index is 12.6. The monoisotopic (exact) mass is 310 g/mol. The second kappa shape index (κ2) is 6.90. The van der Waals surface area contributed by atoms with Crippen LogP contribution in [0.1, 0.15) is 44.7 Å². The molecule has 0 aromatic heterocycles. The average Bonchev–Trinajstić information content (AvgIpc) is 3.28. The Balaban J connectivity index is 2.15. The van der Waals surface area contributed by atoms with Crippen LogP contribution in [0.3, 0.4) is 0 Å². The maximum absolute atomic E-state index is 12.6. The normalized spacial score (nSPS) is 17.1. The van der Waals surface area contributed by atoms with Crippen molar-refractivity contribution in [2.24, 2.45) is 5.92 Å². The number of rotatable bonds is 8. The molecule has 1 N–H and O–H groups in total. The highest BCUT2D eigenvalue weighted by molar-refractivity contribution is 7.89. The summed E-state index contributed by atoms with van der Waals surface area (Å²) in [6, 6.07) is 7.46. The predicted octanol–water partition coefficient (Wildman–Crippen LogP) is 2.78. The minimum atomic E-state index is -3.37. The molecule has 118 valence electrons. The molecule has 21 heavy (non-hydrogen) atoms. The van der Waals surface area contributed by atoms with E-state index in [9.17, 15) is 8.42 Å². The quantitative estimate of drug-likeness (QED) is 0.803. The second-order valence-corrected chi connectivity index (χ2v) is 8.02. The van der Waals surface area contributed by atoms with Crippen molar-refractivity contribution in [2.45, 2.75) is 44.0 Å². The van der Waals surface area contributed by atoms with E-state index in [1.54, 1.807) is 19.2 Å². The molecule has 0 aliphatic heterocycles. The molecule has 1 saturated carbocycles. The lowest BCUT2D eigenvalue weighted by Gasteiger charge is -2.19. The standard InChI is InChI=1S/C16H26N2O2S/c1-4-10-17-13(2)15-6-5-7-16(11-15)21(19,20)18(3)12-14-8-9-14/h5-7,11,13-14,17H,4,8-10,12H2,1-3H3. The highest BCUT2D eigenvalue weighted by atomic mass is 32.2. The Hall–Kier alpha value is -0.910. The van der Waals surface area contributed by atoms with Crippen LogP contribution in [0.4, 0.5) is 0 Å². The Bertz CT molecular complexity index is 567. The number of sulfonamides is 1. The van der Waals surface area contributed by atoms with E-state index in [0.717, 1.165) is 31.4 Å². The molecule has 0 bridgehead atoms. The molecule has 1 unspecified atom stereocenters. The average molecular weight is 310 g/mol. The molecule has 0 radical (unpaired) electrons. The van der Waals surface area contributed by atoms with Crippen molar-refractivity contribution >= 4 is 10.0 Å². The van der Waals surface area contributed by atoms with Crippen molar-refractivity contribution in [1.82, 2.24) is 9.62 Å². The summed E-state index contributed by atoms with van der Waals surface area (Å²) in [6.45, 7) is 5.75. The molecule has 1 aromatic rings. The van der Waals surface area contributed by atoms with Gasteiger partial charge in [0.25, 0.3) is 0 Å². The molecule has 1 atom stereocenters. The summed E-state index contributed by atoms with van der Waals surface area (Å²) in [5.74, 6) is 0.554. The van der Waals surface area contributed by atoms with E-state index in [-0.39, 0.29) is 6.04 Å². The van der Waals surface area contributed by atoms with Crippen molar-refractivity contribution in [3.8, 4) is 0 Å². The Morgan fingerprint density at radius 3 is 2.71 bits per heavy atom. The summed E-state index contributed by atoms with van der Waals surface area (Å²) in [6.07, 6.45) is 3.36. The van der Waals surface area contributed by atoms with E-state index < -0.39 is 10.0 Å². The first-order chi connectivity index (χ1) is 9.95. The topological polar surface area (TPSA) is 49.4 Å². The van der Waals surface area contributed by atoms with Gasteiger partial charge in [-0.2, -0.15) is 0 Å². The van der Waals surface area contributed by atoms with Crippen LogP contribution in [0.15, 0.2) is 29.2 Å². The smallest absolute Gasteiger partial charge is 0.242 e. The number of hydrogen-bond donors (Lipinski definition) is 1. The van der Waals surface area contributed by atoms with Crippen molar-refractivity contribution in [1.29, 1.82) is 0 Å². The van der Waals surface area contributed by atoms with Gasteiger partial charge in [0.15, 0.2) is 0 Å². The molecule has 4 nitrogen and oxygen atoms in total. The Labute approximate surface area is 128 Å². The first kappa shape index (κ1) is 16.5.